The van der Waals surface area contributed by atoms with E-state index in [0.717, 1.165) is 4.68 Å². The first kappa shape index (κ1) is 15.4. The fraction of sp³-hybridized carbons (Fsp3) is 0.182. The molecule has 0 aromatic carbocycles. The Bertz CT molecular complexity index is 768. The average molecular weight is 316 g/mol. The molecule has 0 unspecified atom stereocenters. The first-order chi connectivity index (χ1) is 10.2. The predicted molar refractivity (Wildman–Crippen MR) is 63.2 cm³/mol. The van der Waals surface area contributed by atoms with Crippen LogP contribution in [0.25, 0.3) is 10.9 Å². The van der Waals surface area contributed by atoms with E-state index in [9.17, 15) is 27.6 Å². The lowest BCUT2D eigenvalue weighted by molar-refractivity contribution is -0.202. The number of carbonyl (C=O) groups is 3. The minimum Gasteiger partial charge on any atom is -0.385 e. The second kappa shape index (κ2) is 5.42. The largest absolute Gasteiger partial charge is 0.491 e. The zero-order valence-electron chi connectivity index (χ0n) is 10.6. The van der Waals surface area contributed by atoms with Crippen molar-refractivity contribution in [3.8, 4) is 0 Å². The first-order valence-corrected chi connectivity index (χ1v) is 5.62. The molecule has 116 valence electrons. The molecular weight excluding hydrogens is 309 g/mol. The highest BCUT2D eigenvalue weighted by Gasteiger charge is 2.42. The van der Waals surface area contributed by atoms with Crippen LogP contribution in [-0.4, -0.2) is 38.8 Å². The molecule has 2 heterocycles. The van der Waals surface area contributed by atoms with Crippen LogP contribution in [0, 0.1) is 0 Å². The van der Waals surface area contributed by atoms with Gasteiger partial charge in [0.1, 0.15) is 6.54 Å². The van der Waals surface area contributed by atoms with Gasteiger partial charge in [0, 0.05) is 11.6 Å². The predicted octanol–water partition coefficient (Wildman–Crippen LogP) is 0.162. The van der Waals surface area contributed by atoms with Gasteiger partial charge in [-0.3, -0.25) is 14.5 Å². The zero-order valence-corrected chi connectivity index (χ0v) is 10.6. The number of alkyl halides is 3. The van der Waals surface area contributed by atoms with Gasteiger partial charge in [0.15, 0.2) is 5.69 Å². The molecule has 0 fully saturated rings. The molecule has 1 amide bonds. The van der Waals surface area contributed by atoms with Crippen molar-refractivity contribution in [2.45, 2.75) is 12.7 Å². The van der Waals surface area contributed by atoms with E-state index in [1.807, 2.05) is 0 Å². The smallest absolute Gasteiger partial charge is 0.385 e. The third-order valence-corrected chi connectivity index (χ3v) is 2.50. The highest BCUT2D eigenvalue weighted by Crippen LogP contribution is 2.18. The monoisotopic (exact) mass is 316 g/mol. The fourth-order valence-electron chi connectivity index (χ4n) is 1.64. The summed E-state index contributed by atoms with van der Waals surface area (Å²) in [4.78, 5) is 36.9. The molecule has 11 heteroatoms. The van der Waals surface area contributed by atoms with Gasteiger partial charge in [-0.15, -0.1) is 0 Å². The molecule has 0 bridgehead atoms. The van der Waals surface area contributed by atoms with Crippen molar-refractivity contribution in [1.82, 2.24) is 14.8 Å². The number of halogens is 3. The van der Waals surface area contributed by atoms with Crippen LogP contribution in [0.5, 0.6) is 0 Å². The number of aromatic nitrogens is 3. The molecule has 0 aliphatic carbocycles. The van der Waals surface area contributed by atoms with Crippen molar-refractivity contribution < 1.29 is 32.3 Å². The van der Waals surface area contributed by atoms with Gasteiger partial charge in [-0.05, 0) is 6.07 Å². The van der Waals surface area contributed by atoms with Gasteiger partial charge in [0.05, 0.1) is 11.7 Å². The van der Waals surface area contributed by atoms with Gasteiger partial charge >= 0.3 is 18.1 Å². The number of esters is 2. The number of amides is 1. The zero-order chi connectivity index (χ0) is 16.5. The molecule has 2 N–H and O–H groups in total. The number of carbonyl (C=O) groups excluding carboxylic acids is 3. The van der Waals surface area contributed by atoms with Gasteiger partial charge in [-0.2, -0.15) is 18.3 Å². The minimum absolute atomic E-state index is 0.174. The topological polar surface area (TPSA) is 117 Å². The molecule has 22 heavy (non-hydrogen) atoms. The molecule has 0 aliphatic heterocycles. The molecule has 2 aromatic rings. The summed E-state index contributed by atoms with van der Waals surface area (Å²) in [7, 11) is 0. The van der Waals surface area contributed by atoms with Gasteiger partial charge in [0.2, 0.25) is 0 Å². The van der Waals surface area contributed by atoms with Crippen LogP contribution in [-0.2, 0) is 20.9 Å². The summed E-state index contributed by atoms with van der Waals surface area (Å²) in [5.74, 6) is -5.02. The van der Waals surface area contributed by atoms with E-state index in [1.54, 1.807) is 0 Å². The normalized spacial score (nSPS) is 11.4. The minimum atomic E-state index is -5.29. The van der Waals surface area contributed by atoms with Crippen molar-refractivity contribution in [2.75, 3.05) is 0 Å². The summed E-state index contributed by atoms with van der Waals surface area (Å²) < 4.78 is 40.5. The van der Waals surface area contributed by atoms with Gasteiger partial charge in [0.25, 0.3) is 5.91 Å². The third kappa shape index (κ3) is 3.02. The van der Waals surface area contributed by atoms with Crippen molar-refractivity contribution in [2.24, 2.45) is 5.73 Å². The van der Waals surface area contributed by atoms with Crippen LogP contribution >= 0.6 is 0 Å². The number of rotatable bonds is 3. The highest BCUT2D eigenvalue weighted by atomic mass is 19.4. The molecule has 2 aromatic heterocycles. The van der Waals surface area contributed by atoms with E-state index in [-0.39, 0.29) is 16.6 Å². The molecule has 0 spiro atoms. The number of ether oxygens (including phenoxy) is 1. The summed E-state index contributed by atoms with van der Waals surface area (Å²) in [6.07, 6.45) is -2.72. The number of hydrogen-bond donors (Lipinski definition) is 1. The lowest BCUT2D eigenvalue weighted by Gasteiger charge is -2.06. The van der Waals surface area contributed by atoms with Gasteiger partial charge in [-0.1, -0.05) is 0 Å². The molecular formula is C11H7F3N4O4. The molecule has 0 radical (unpaired) electrons. The van der Waals surface area contributed by atoms with E-state index < -0.39 is 30.6 Å². The highest BCUT2D eigenvalue weighted by molar-refractivity contribution is 6.04. The van der Waals surface area contributed by atoms with Crippen molar-refractivity contribution in [3.63, 3.8) is 0 Å². The van der Waals surface area contributed by atoms with Crippen LogP contribution in [0.3, 0.4) is 0 Å². The van der Waals surface area contributed by atoms with Crippen LogP contribution in [0.4, 0.5) is 13.2 Å². The Morgan fingerprint density at radius 2 is 2.00 bits per heavy atom. The lowest BCUT2D eigenvalue weighted by Crippen LogP contribution is -2.29. The van der Waals surface area contributed by atoms with Gasteiger partial charge < -0.3 is 10.5 Å². The molecule has 0 saturated carbocycles. The molecule has 0 saturated heterocycles. The second-order valence-electron chi connectivity index (χ2n) is 4.02. The summed E-state index contributed by atoms with van der Waals surface area (Å²) >= 11 is 0. The van der Waals surface area contributed by atoms with Crippen molar-refractivity contribution >= 4 is 28.7 Å². The average Bonchev–Trinajstić information content (AvgIpc) is 2.77. The SMILES string of the molecule is NC(=O)c1nn(CC(=O)OC(=O)C(F)(F)F)c2cnccc12. The Kier molecular flexibility index (Phi) is 3.80. The lowest BCUT2D eigenvalue weighted by atomic mass is 10.2. The molecule has 0 aliphatic rings. The number of hydrogen-bond acceptors (Lipinski definition) is 6. The van der Waals surface area contributed by atoms with E-state index in [0.29, 0.717) is 0 Å². The van der Waals surface area contributed by atoms with Gasteiger partial charge in [-0.25, -0.2) is 9.59 Å². The van der Waals surface area contributed by atoms with Crippen LogP contribution in [0.2, 0.25) is 0 Å². The first-order valence-electron chi connectivity index (χ1n) is 5.62. The number of pyridine rings is 1. The Morgan fingerprint density at radius 3 is 2.59 bits per heavy atom. The molecule has 8 nitrogen and oxygen atoms in total. The van der Waals surface area contributed by atoms with Crippen molar-refractivity contribution in [3.05, 3.63) is 24.2 Å². The summed E-state index contributed by atoms with van der Waals surface area (Å²) in [5.41, 5.74) is 5.09. The van der Waals surface area contributed by atoms with Crippen LogP contribution < -0.4 is 5.73 Å². The van der Waals surface area contributed by atoms with E-state index in [2.05, 4.69) is 14.8 Å². The molecule has 2 rings (SSSR count). The number of nitrogens with two attached hydrogens (primary N) is 1. The summed E-state index contributed by atoms with van der Waals surface area (Å²) in [6.45, 7) is -0.822. The quantitative estimate of drug-likeness (QED) is 0.637. The fourth-order valence-corrected chi connectivity index (χ4v) is 1.64. The van der Waals surface area contributed by atoms with Crippen LogP contribution in [0.1, 0.15) is 10.5 Å². The Hall–Kier alpha value is -2.98. The van der Waals surface area contributed by atoms with Crippen LogP contribution in [0.15, 0.2) is 18.5 Å². The van der Waals surface area contributed by atoms with E-state index in [1.165, 1.54) is 18.5 Å². The third-order valence-electron chi connectivity index (χ3n) is 2.50. The Morgan fingerprint density at radius 1 is 1.32 bits per heavy atom. The van der Waals surface area contributed by atoms with Crippen molar-refractivity contribution in [1.29, 1.82) is 0 Å². The summed E-state index contributed by atoms with van der Waals surface area (Å²) in [5, 5.41) is 3.97. The standard InChI is InChI=1S/C11H7F3N4O4/c12-11(13,14)10(21)22-7(19)4-18-6-3-16-2-1-5(6)8(17-18)9(15)20/h1-3H,4H2,(H2,15,20). The Balaban J connectivity index is 2.27. The number of primary amides is 1. The maximum absolute atomic E-state index is 12.0. The number of fused-ring (bicyclic) bond motifs is 1. The molecule has 0 atom stereocenters. The van der Waals surface area contributed by atoms with E-state index in [4.69, 9.17) is 5.73 Å². The van der Waals surface area contributed by atoms with E-state index >= 15 is 0 Å². The number of nitrogens with zero attached hydrogens (tertiary/aromatic N) is 3. The summed E-state index contributed by atoms with van der Waals surface area (Å²) in [6, 6.07) is 1.39. The Labute approximate surface area is 119 Å². The second-order valence-corrected chi connectivity index (χ2v) is 4.02. The maximum atomic E-state index is 12.0. The maximum Gasteiger partial charge on any atom is 0.491 e.